The molecule has 0 atom stereocenters. The molecule has 0 fully saturated rings. The summed E-state index contributed by atoms with van der Waals surface area (Å²) in [6.45, 7) is 8.14. The van der Waals surface area contributed by atoms with Gasteiger partial charge in [-0.05, 0) is 52.0 Å². The Labute approximate surface area is 147 Å². The van der Waals surface area contributed by atoms with Crippen LogP contribution in [0.1, 0.15) is 26.5 Å². The molecule has 3 nitrogen and oxygen atoms in total. The molecular weight excluding hydrogens is 316 g/mol. The van der Waals surface area contributed by atoms with Crippen LogP contribution in [0.4, 0.5) is 0 Å². The van der Waals surface area contributed by atoms with E-state index < -0.39 is 0 Å². The highest BCUT2D eigenvalue weighted by Gasteiger charge is 2.22. The summed E-state index contributed by atoms with van der Waals surface area (Å²) >= 11 is 1.72. The van der Waals surface area contributed by atoms with Crippen LogP contribution in [0, 0.1) is 6.92 Å². The maximum Gasteiger partial charge on any atom is 0.164 e. The summed E-state index contributed by atoms with van der Waals surface area (Å²) in [6, 6.07) is 18.4. The number of hydrogen-bond acceptors (Lipinski definition) is 3. The van der Waals surface area contributed by atoms with Crippen LogP contribution in [-0.4, -0.2) is 14.9 Å². The van der Waals surface area contributed by atoms with Gasteiger partial charge in [0.1, 0.15) is 5.69 Å². The number of nitrogens with zero attached hydrogens (tertiary/aromatic N) is 2. The number of benzene rings is 2. The summed E-state index contributed by atoms with van der Waals surface area (Å²) in [6.07, 6.45) is 0. The predicted molar refractivity (Wildman–Crippen MR) is 99.6 cm³/mol. The van der Waals surface area contributed by atoms with E-state index in [0.29, 0.717) is 5.69 Å². The van der Waals surface area contributed by atoms with Gasteiger partial charge in [0.25, 0.3) is 0 Å². The van der Waals surface area contributed by atoms with Gasteiger partial charge in [0.2, 0.25) is 0 Å². The molecule has 0 amide bonds. The van der Waals surface area contributed by atoms with Crippen LogP contribution >= 0.6 is 11.8 Å². The molecule has 1 heterocycles. The minimum absolute atomic E-state index is 0.164. The van der Waals surface area contributed by atoms with Crippen molar-refractivity contribution in [2.75, 3.05) is 0 Å². The molecule has 4 heteroatoms. The first-order chi connectivity index (χ1) is 11.4. The third-order valence-corrected chi connectivity index (χ3v) is 4.84. The lowest BCUT2D eigenvalue weighted by atomic mass is 10.1. The zero-order valence-corrected chi connectivity index (χ0v) is 15.3. The summed E-state index contributed by atoms with van der Waals surface area (Å²) in [5.41, 5.74) is 2.19. The molecule has 0 aliphatic heterocycles. The number of rotatable bonds is 3. The second-order valence-electron chi connectivity index (χ2n) is 6.80. The molecule has 0 saturated heterocycles. The smallest absolute Gasteiger partial charge is 0.164 e. The Morgan fingerprint density at radius 3 is 2.04 bits per heavy atom. The zero-order valence-electron chi connectivity index (χ0n) is 14.4. The van der Waals surface area contributed by atoms with E-state index >= 15 is 0 Å². The average molecular weight is 338 g/mol. The molecule has 24 heavy (non-hydrogen) atoms. The lowest BCUT2D eigenvalue weighted by molar-refractivity contribution is 0.345. The molecule has 0 bridgehead atoms. The molecular formula is C20H22N2OS. The van der Waals surface area contributed by atoms with Gasteiger partial charge in [-0.2, -0.15) is 5.10 Å². The third kappa shape index (κ3) is 3.34. The Balaban J connectivity index is 1.89. The first-order valence-electron chi connectivity index (χ1n) is 7.98. The summed E-state index contributed by atoms with van der Waals surface area (Å²) < 4.78 is 1.88. The number of aromatic nitrogens is 2. The largest absolute Gasteiger partial charge is 0.504 e. The molecule has 3 rings (SSSR count). The predicted octanol–water partition coefficient (Wildman–Crippen LogP) is 5.47. The summed E-state index contributed by atoms with van der Waals surface area (Å²) in [5, 5.41) is 15.1. The fraction of sp³-hybridized carbons (Fsp3) is 0.250. The average Bonchev–Trinajstić information content (AvgIpc) is 2.85. The fourth-order valence-corrected chi connectivity index (χ4v) is 3.48. The minimum atomic E-state index is -0.164. The van der Waals surface area contributed by atoms with E-state index in [1.54, 1.807) is 11.8 Å². The SMILES string of the molecule is Cc1c(O)c(-c2ccc(Sc3ccccc3)cc2)nn1C(C)(C)C. The van der Waals surface area contributed by atoms with E-state index in [1.807, 2.05) is 41.9 Å². The second-order valence-corrected chi connectivity index (χ2v) is 7.95. The quantitative estimate of drug-likeness (QED) is 0.688. The van der Waals surface area contributed by atoms with E-state index in [9.17, 15) is 5.11 Å². The van der Waals surface area contributed by atoms with Crippen molar-refractivity contribution in [2.45, 2.75) is 43.0 Å². The van der Waals surface area contributed by atoms with E-state index in [-0.39, 0.29) is 11.3 Å². The summed E-state index contributed by atoms with van der Waals surface area (Å²) in [7, 11) is 0. The van der Waals surface area contributed by atoms with Gasteiger partial charge < -0.3 is 5.11 Å². The van der Waals surface area contributed by atoms with Crippen LogP contribution in [0.15, 0.2) is 64.4 Å². The van der Waals surface area contributed by atoms with Crippen LogP contribution in [0.25, 0.3) is 11.3 Å². The van der Waals surface area contributed by atoms with Gasteiger partial charge in [0.05, 0.1) is 11.2 Å². The van der Waals surface area contributed by atoms with Crippen molar-refractivity contribution < 1.29 is 5.11 Å². The van der Waals surface area contributed by atoms with Gasteiger partial charge in [0.15, 0.2) is 5.75 Å². The standard InChI is InChI=1S/C20H22N2OS/c1-14-19(23)18(21-22(14)20(2,3)4)15-10-12-17(13-11-15)24-16-8-6-5-7-9-16/h5-13,23H,1-4H3. The van der Waals surface area contributed by atoms with Gasteiger partial charge in [-0.1, -0.05) is 42.1 Å². The Kier molecular flexibility index (Phi) is 4.41. The maximum atomic E-state index is 10.5. The van der Waals surface area contributed by atoms with E-state index in [2.05, 4.69) is 50.1 Å². The highest BCUT2D eigenvalue weighted by atomic mass is 32.2. The third-order valence-electron chi connectivity index (χ3n) is 3.83. The van der Waals surface area contributed by atoms with Gasteiger partial charge in [-0.3, -0.25) is 4.68 Å². The van der Waals surface area contributed by atoms with Gasteiger partial charge >= 0.3 is 0 Å². The normalized spacial score (nSPS) is 11.7. The maximum absolute atomic E-state index is 10.5. The first kappa shape index (κ1) is 16.7. The topological polar surface area (TPSA) is 38.1 Å². The molecule has 0 spiro atoms. The lowest BCUT2D eigenvalue weighted by Crippen LogP contribution is -2.24. The molecule has 1 N–H and O–H groups in total. The summed E-state index contributed by atoms with van der Waals surface area (Å²) in [5.74, 6) is 0.258. The first-order valence-corrected chi connectivity index (χ1v) is 8.80. The molecule has 0 radical (unpaired) electrons. The Morgan fingerprint density at radius 2 is 1.50 bits per heavy atom. The van der Waals surface area contributed by atoms with Crippen molar-refractivity contribution in [1.29, 1.82) is 0 Å². The molecule has 0 saturated carbocycles. The van der Waals surface area contributed by atoms with Crippen LogP contribution < -0.4 is 0 Å². The molecule has 1 aromatic heterocycles. The van der Waals surface area contributed by atoms with Crippen LogP contribution in [0.5, 0.6) is 5.75 Å². The highest BCUT2D eigenvalue weighted by Crippen LogP contribution is 2.35. The van der Waals surface area contributed by atoms with Crippen molar-refractivity contribution >= 4 is 11.8 Å². The van der Waals surface area contributed by atoms with Gasteiger partial charge in [0, 0.05) is 15.4 Å². The van der Waals surface area contributed by atoms with Gasteiger partial charge in [-0.25, -0.2) is 0 Å². The Bertz CT molecular complexity index is 831. The minimum Gasteiger partial charge on any atom is -0.504 e. The number of hydrogen-bond donors (Lipinski definition) is 1. The van der Waals surface area contributed by atoms with Crippen LogP contribution in [0.3, 0.4) is 0 Å². The highest BCUT2D eigenvalue weighted by molar-refractivity contribution is 7.99. The van der Waals surface area contributed by atoms with Crippen molar-refractivity contribution in [3.63, 3.8) is 0 Å². The molecule has 0 aliphatic carbocycles. The van der Waals surface area contributed by atoms with Crippen LogP contribution in [0.2, 0.25) is 0 Å². The van der Waals surface area contributed by atoms with E-state index in [1.165, 1.54) is 4.90 Å². The van der Waals surface area contributed by atoms with Gasteiger partial charge in [-0.15, -0.1) is 0 Å². The molecule has 2 aromatic carbocycles. The van der Waals surface area contributed by atoms with E-state index in [0.717, 1.165) is 16.2 Å². The zero-order chi connectivity index (χ0) is 17.3. The fourth-order valence-electron chi connectivity index (χ4n) is 2.65. The van der Waals surface area contributed by atoms with E-state index in [4.69, 9.17) is 0 Å². The molecule has 124 valence electrons. The Morgan fingerprint density at radius 1 is 0.917 bits per heavy atom. The Hall–Kier alpha value is -2.20. The number of aromatic hydroxyl groups is 1. The van der Waals surface area contributed by atoms with Crippen molar-refractivity contribution in [3.8, 4) is 17.0 Å². The van der Waals surface area contributed by atoms with Crippen molar-refractivity contribution in [1.82, 2.24) is 9.78 Å². The van der Waals surface area contributed by atoms with Crippen LogP contribution in [-0.2, 0) is 5.54 Å². The molecule has 0 unspecified atom stereocenters. The second kappa shape index (κ2) is 6.36. The summed E-state index contributed by atoms with van der Waals surface area (Å²) in [4.78, 5) is 2.37. The molecule has 0 aliphatic rings. The monoisotopic (exact) mass is 338 g/mol. The lowest BCUT2D eigenvalue weighted by Gasteiger charge is -2.20. The van der Waals surface area contributed by atoms with Crippen molar-refractivity contribution in [3.05, 3.63) is 60.3 Å². The molecule has 3 aromatic rings. The van der Waals surface area contributed by atoms with Crippen molar-refractivity contribution in [2.24, 2.45) is 0 Å².